The molecule has 8 nitrogen and oxygen atoms in total. The van der Waals surface area contributed by atoms with Crippen LogP contribution >= 0.6 is 0 Å². The van der Waals surface area contributed by atoms with Gasteiger partial charge in [-0.05, 0) is 38.0 Å². The number of amides is 2. The summed E-state index contributed by atoms with van der Waals surface area (Å²) in [5.74, 6) is -0.646. The van der Waals surface area contributed by atoms with Crippen molar-refractivity contribution in [3.8, 4) is 11.3 Å². The van der Waals surface area contributed by atoms with Gasteiger partial charge in [-0.15, -0.1) is 0 Å². The van der Waals surface area contributed by atoms with E-state index in [4.69, 9.17) is 9.26 Å². The Morgan fingerprint density at radius 2 is 1.82 bits per heavy atom. The van der Waals surface area contributed by atoms with Gasteiger partial charge < -0.3 is 19.9 Å². The van der Waals surface area contributed by atoms with E-state index < -0.39 is 0 Å². The smallest absolute Gasteiger partial charge is 0.259 e. The third kappa shape index (κ3) is 4.40. The quantitative estimate of drug-likeness (QED) is 0.447. The lowest BCUT2D eigenvalue weighted by Crippen LogP contribution is -2.32. The van der Waals surface area contributed by atoms with Crippen LogP contribution in [0.5, 0.6) is 0 Å². The molecular weight excluding hydrogens is 432 g/mol. The summed E-state index contributed by atoms with van der Waals surface area (Å²) in [5, 5.41) is 10.3. The van der Waals surface area contributed by atoms with Gasteiger partial charge in [-0.2, -0.15) is 0 Å². The predicted octanol–water partition coefficient (Wildman–Crippen LogP) is 4.36. The summed E-state index contributed by atoms with van der Waals surface area (Å²) in [4.78, 5) is 30.8. The van der Waals surface area contributed by atoms with Gasteiger partial charge in [0, 0.05) is 18.7 Å². The Hall–Kier alpha value is -4.04. The molecule has 2 aromatic carbocycles. The first kappa shape index (κ1) is 21.8. The first-order valence-corrected chi connectivity index (χ1v) is 11.2. The van der Waals surface area contributed by atoms with Gasteiger partial charge >= 0.3 is 0 Å². The molecule has 1 fully saturated rings. The number of pyridine rings is 1. The second-order valence-corrected chi connectivity index (χ2v) is 8.21. The minimum Gasteiger partial charge on any atom is -0.376 e. The summed E-state index contributed by atoms with van der Waals surface area (Å²) in [6, 6.07) is 18.2. The molecule has 8 heteroatoms. The van der Waals surface area contributed by atoms with Gasteiger partial charge in [0.2, 0.25) is 0 Å². The lowest BCUT2D eigenvalue weighted by atomic mass is 10.0. The first-order valence-electron chi connectivity index (χ1n) is 11.2. The number of aromatic nitrogens is 2. The van der Waals surface area contributed by atoms with Crippen LogP contribution in [0.25, 0.3) is 22.4 Å². The molecule has 172 valence electrons. The lowest BCUT2D eigenvalue weighted by molar-refractivity contribution is 0.0858. The zero-order valence-electron chi connectivity index (χ0n) is 18.7. The maximum Gasteiger partial charge on any atom is 0.259 e. The molecule has 3 heterocycles. The highest BCUT2D eigenvalue weighted by Crippen LogP contribution is 2.28. The van der Waals surface area contributed by atoms with Gasteiger partial charge in [0.25, 0.3) is 17.5 Å². The number of para-hydroxylation sites is 1. The Bertz CT molecular complexity index is 1340. The molecule has 1 aliphatic rings. The molecule has 2 N–H and O–H groups in total. The van der Waals surface area contributed by atoms with Crippen molar-refractivity contribution in [3.63, 3.8) is 0 Å². The lowest BCUT2D eigenvalue weighted by Gasteiger charge is -2.14. The number of nitrogens with zero attached hydrogens (tertiary/aromatic N) is 2. The molecule has 4 aromatic rings. The Morgan fingerprint density at radius 1 is 1.03 bits per heavy atom. The van der Waals surface area contributed by atoms with E-state index in [9.17, 15) is 9.59 Å². The van der Waals surface area contributed by atoms with Crippen LogP contribution in [-0.4, -0.2) is 41.2 Å². The molecule has 34 heavy (non-hydrogen) atoms. The number of hydrogen-bond donors (Lipinski definition) is 2. The minimum atomic E-state index is -0.379. The minimum absolute atomic E-state index is 0.0313. The second kappa shape index (κ2) is 9.44. The van der Waals surface area contributed by atoms with Crippen molar-refractivity contribution in [2.45, 2.75) is 25.9 Å². The maximum absolute atomic E-state index is 13.4. The van der Waals surface area contributed by atoms with Crippen molar-refractivity contribution in [2.24, 2.45) is 0 Å². The highest BCUT2D eigenvalue weighted by atomic mass is 16.5. The van der Waals surface area contributed by atoms with Gasteiger partial charge in [-0.3, -0.25) is 9.59 Å². The number of nitrogens with one attached hydrogen (secondary N) is 2. The highest BCUT2D eigenvalue weighted by Gasteiger charge is 2.22. The van der Waals surface area contributed by atoms with Gasteiger partial charge in [0.05, 0.1) is 39.7 Å². The molecule has 0 unspecified atom stereocenters. The van der Waals surface area contributed by atoms with Crippen molar-refractivity contribution in [1.82, 2.24) is 15.5 Å². The highest BCUT2D eigenvalue weighted by molar-refractivity contribution is 6.15. The molecule has 0 radical (unpaired) electrons. The number of ether oxygens (including phenoxy) is 1. The zero-order chi connectivity index (χ0) is 23.5. The van der Waals surface area contributed by atoms with E-state index in [0.717, 1.165) is 25.0 Å². The van der Waals surface area contributed by atoms with Gasteiger partial charge in [-0.1, -0.05) is 47.6 Å². The fraction of sp³-hybridized carbons (Fsp3) is 0.231. The zero-order valence-corrected chi connectivity index (χ0v) is 18.7. The average molecular weight is 457 g/mol. The molecule has 1 atom stereocenters. The second-order valence-electron chi connectivity index (χ2n) is 8.21. The first-order chi connectivity index (χ1) is 16.6. The fourth-order valence-electron chi connectivity index (χ4n) is 4.12. The number of carbonyl (C=O) groups is 2. The molecule has 5 rings (SSSR count). The van der Waals surface area contributed by atoms with Crippen LogP contribution in [0.1, 0.15) is 39.3 Å². The largest absolute Gasteiger partial charge is 0.376 e. The summed E-state index contributed by atoms with van der Waals surface area (Å²) < 4.78 is 11.0. The summed E-state index contributed by atoms with van der Waals surface area (Å²) >= 11 is 0. The summed E-state index contributed by atoms with van der Waals surface area (Å²) in [6.45, 7) is 2.92. The normalized spacial score (nSPS) is 15.4. The number of aryl methyl sites for hydroxylation is 1. The number of hydrogen-bond acceptors (Lipinski definition) is 6. The van der Waals surface area contributed by atoms with E-state index >= 15 is 0 Å². The average Bonchev–Trinajstić information content (AvgIpc) is 3.53. The van der Waals surface area contributed by atoms with Crippen LogP contribution in [0, 0.1) is 6.92 Å². The van der Waals surface area contributed by atoms with E-state index in [1.807, 2.05) is 30.3 Å². The monoisotopic (exact) mass is 456 g/mol. The molecule has 0 saturated carbocycles. The molecule has 0 aliphatic carbocycles. The molecule has 0 bridgehead atoms. The van der Waals surface area contributed by atoms with Crippen molar-refractivity contribution >= 4 is 28.6 Å². The number of fused-ring (bicyclic) bond motifs is 1. The van der Waals surface area contributed by atoms with Gasteiger partial charge in [0.1, 0.15) is 0 Å². The summed E-state index contributed by atoms with van der Waals surface area (Å²) in [7, 11) is 0. The van der Waals surface area contributed by atoms with Crippen LogP contribution in [0.3, 0.4) is 0 Å². The fourth-order valence-corrected chi connectivity index (χ4v) is 4.12. The third-order valence-corrected chi connectivity index (χ3v) is 5.87. The Balaban J connectivity index is 1.44. The van der Waals surface area contributed by atoms with Gasteiger partial charge in [0.15, 0.2) is 0 Å². The Labute approximate surface area is 196 Å². The van der Waals surface area contributed by atoms with Crippen LogP contribution in [0.15, 0.2) is 65.2 Å². The van der Waals surface area contributed by atoms with Crippen molar-refractivity contribution < 1.29 is 18.8 Å². The molecule has 2 aromatic heterocycles. The van der Waals surface area contributed by atoms with Crippen LogP contribution in [0.4, 0.5) is 5.69 Å². The number of carbonyl (C=O) groups excluding carboxylic acids is 2. The molecule has 0 spiro atoms. The molecular formula is C26H24N4O4. The van der Waals surface area contributed by atoms with Crippen molar-refractivity contribution in [2.75, 3.05) is 18.5 Å². The van der Waals surface area contributed by atoms with E-state index in [1.165, 1.54) is 0 Å². The van der Waals surface area contributed by atoms with Crippen molar-refractivity contribution in [1.29, 1.82) is 0 Å². The maximum atomic E-state index is 13.4. The van der Waals surface area contributed by atoms with Gasteiger partial charge in [-0.25, -0.2) is 4.98 Å². The SMILES string of the molecule is Cc1noc2nc(-c3ccccc3)cc(C(=O)Nc3ccccc3C(=O)NC[C@H]3CCCO3)c12. The predicted molar refractivity (Wildman–Crippen MR) is 128 cm³/mol. The van der Waals surface area contributed by atoms with Crippen LogP contribution in [-0.2, 0) is 4.74 Å². The standard InChI is InChI=1S/C26H24N4O4/c1-16-23-20(14-22(29-26(23)34-30-16)17-8-3-2-4-9-17)25(32)28-21-12-6-5-11-19(21)24(31)27-15-18-10-7-13-33-18/h2-6,8-9,11-12,14,18H,7,10,13,15H2,1H3,(H,27,31)(H,28,32)/t18-/m1/s1. The molecule has 1 aliphatic heterocycles. The molecule has 2 amide bonds. The summed E-state index contributed by atoms with van der Waals surface area (Å²) in [5.41, 5.74) is 3.46. The number of benzene rings is 2. The number of rotatable bonds is 6. The Morgan fingerprint density at radius 3 is 2.62 bits per heavy atom. The van der Waals surface area contributed by atoms with Crippen LogP contribution < -0.4 is 10.6 Å². The number of anilines is 1. The topological polar surface area (TPSA) is 106 Å². The van der Waals surface area contributed by atoms with E-state index in [0.29, 0.717) is 40.1 Å². The summed E-state index contributed by atoms with van der Waals surface area (Å²) in [6.07, 6.45) is 1.96. The third-order valence-electron chi connectivity index (χ3n) is 5.87. The van der Waals surface area contributed by atoms with Crippen molar-refractivity contribution in [3.05, 3.63) is 77.5 Å². The van der Waals surface area contributed by atoms with E-state index in [-0.39, 0.29) is 23.6 Å². The van der Waals surface area contributed by atoms with E-state index in [2.05, 4.69) is 20.8 Å². The van der Waals surface area contributed by atoms with E-state index in [1.54, 1.807) is 37.3 Å². The Kier molecular flexibility index (Phi) is 6.05. The molecule has 1 saturated heterocycles. The van der Waals surface area contributed by atoms with Crippen LogP contribution in [0.2, 0.25) is 0 Å².